The first-order valence-electron chi connectivity index (χ1n) is 10.7. The molecule has 0 aliphatic rings. The average molecular weight is 530 g/mol. The number of benzene rings is 2. The van der Waals surface area contributed by atoms with Crippen LogP contribution in [-0.4, -0.2) is 25.1 Å². The highest BCUT2D eigenvalue weighted by Gasteiger charge is 2.24. The summed E-state index contributed by atoms with van der Waals surface area (Å²) in [5.41, 5.74) is 3.98. The maximum Gasteiger partial charge on any atom is 0.341 e. The largest absolute Gasteiger partial charge is 0.483 e. The lowest BCUT2D eigenvalue weighted by atomic mass is 9.85. The van der Waals surface area contributed by atoms with E-state index in [0.717, 1.165) is 26.7 Å². The molecule has 0 radical (unpaired) electrons. The van der Waals surface area contributed by atoms with E-state index in [0.29, 0.717) is 16.3 Å². The summed E-state index contributed by atoms with van der Waals surface area (Å²) >= 11 is 4.71. The third-order valence-electron chi connectivity index (χ3n) is 4.98. The normalized spacial score (nSPS) is 11.2. The summed E-state index contributed by atoms with van der Waals surface area (Å²) in [6.07, 6.45) is 0. The molecule has 0 fully saturated rings. The SMILES string of the molecule is CCOC(=O)c1c(-c2ccc(Br)cc2)csc1NC(=O)COc1ccc(C)cc1C(C)(C)C. The quantitative estimate of drug-likeness (QED) is 0.335. The Morgan fingerprint density at radius 1 is 1.09 bits per heavy atom. The first-order chi connectivity index (χ1) is 15.6. The van der Waals surface area contributed by atoms with Gasteiger partial charge in [0, 0.05) is 15.4 Å². The van der Waals surface area contributed by atoms with Crippen molar-refractivity contribution < 1.29 is 19.1 Å². The first kappa shape index (κ1) is 25.0. The number of rotatable bonds is 7. The number of thiophene rings is 1. The third-order valence-corrected chi connectivity index (χ3v) is 6.40. The van der Waals surface area contributed by atoms with Gasteiger partial charge < -0.3 is 14.8 Å². The Labute approximate surface area is 207 Å². The van der Waals surface area contributed by atoms with Crippen LogP contribution in [-0.2, 0) is 14.9 Å². The lowest BCUT2D eigenvalue weighted by molar-refractivity contribution is -0.118. The Morgan fingerprint density at radius 2 is 1.79 bits per heavy atom. The summed E-state index contributed by atoms with van der Waals surface area (Å²) in [6, 6.07) is 13.6. The molecule has 0 saturated heterocycles. The fourth-order valence-corrected chi connectivity index (χ4v) is 4.60. The van der Waals surface area contributed by atoms with Crippen LogP contribution in [0.3, 0.4) is 0 Å². The number of halogens is 1. The van der Waals surface area contributed by atoms with Crippen LogP contribution < -0.4 is 10.1 Å². The molecule has 5 nitrogen and oxygen atoms in total. The third kappa shape index (κ3) is 6.24. The summed E-state index contributed by atoms with van der Waals surface area (Å²) in [5.74, 6) is -0.137. The Hall–Kier alpha value is -2.64. The van der Waals surface area contributed by atoms with Gasteiger partial charge in [-0.05, 0) is 48.6 Å². The average Bonchev–Trinajstić information content (AvgIpc) is 3.16. The first-order valence-corrected chi connectivity index (χ1v) is 12.4. The molecular weight excluding hydrogens is 502 g/mol. The highest BCUT2D eigenvalue weighted by Crippen LogP contribution is 2.37. The van der Waals surface area contributed by atoms with Crippen LogP contribution in [0.5, 0.6) is 5.75 Å². The zero-order valence-electron chi connectivity index (χ0n) is 19.5. The van der Waals surface area contributed by atoms with Gasteiger partial charge in [-0.3, -0.25) is 4.79 Å². The lowest BCUT2D eigenvalue weighted by Gasteiger charge is -2.23. The number of hydrogen-bond acceptors (Lipinski definition) is 5. The predicted octanol–water partition coefficient (Wildman–Crippen LogP) is 6.98. The monoisotopic (exact) mass is 529 g/mol. The van der Waals surface area contributed by atoms with Crippen molar-refractivity contribution in [3.63, 3.8) is 0 Å². The van der Waals surface area contributed by atoms with E-state index in [1.165, 1.54) is 11.3 Å². The molecule has 174 valence electrons. The van der Waals surface area contributed by atoms with Gasteiger partial charge in [0.1, 0.15) is 16.3 Å². The number of nitrogens with one attached hydrogen (secondary N) is 1. The Bertz CT molecular complexity index is 1150. The van der Waals surface area contributed by atoms with Crippen LogP contribution in [0.1, 0.15) is 49.2 Å². The van der Waals surface area contributed by atoms with Crippen LogP contribution in [0.25, 0.3) is 11.1 Å². The standard InChI is InChI=1S/C26H28BrNO4S/c1-6-31-25(30)23-19(17-8-10-18(27)11-9-17)15-33-24(23)28-22(29)14-32-21-12-7-16(2)13-20(21)26(3,4)5/h7-13,15H,6,14H2,1-5H3,(H,28,29). The maximum atomic E-state index is 12.7. The molecule has 1 heterocycles. The topological polar surface area (TPSA) is 64.6 Å². The zero-order valence-corrected chi connectivity index (χ0v) is 21.9. The number of amides is 1. The van der Waals surface area contributed by atoms with Crippen molar-refractivity contribution in [2.45, 2.75) is 40.0 Å². The van der Waals surface area contributed by atoms with Gasteiger partial charge in [0.15, 0.2) is 6.61 Å². The van der Waals surface area contributed by atoms with E-state index in [4.69, 9.17) is 9.47 Å². The van der Waals surface area contributed by atoms with Crippen LogP contribution in [0.4, 0.5) is 5.00 Å². The van der Waals surface area contributed by atoms with Crippen LogP contribution in [0.15, 0.2) is 52.3 Å². The molecule has 2 aromatic carbocycles. The molecule has 0 atom stereocenters. The van der Waals surface area contributed by atoms with Gasteiger partial charge in [-0.25, -0.2) is 4.79 Å². The van der Waals surface area contributed by atoms with Gasteiger partial charge in [-0.1, -0.05) is 66.5 Å². The fourth-order valence-electron chi connectivity index (χ4n) is 3.36. The molecule has 3 aromatic rings. The van der Waals surface area contributed by atoms with Crippen molar-refractivity contribution in [1.29, 1.82) is 0 Å². The van der Waals surface area contributed by atoms with Crippen molar-refractivity contribution in [1.82, 2.24) is 0 Å². The van der Waals surface area contributed by atoms with Gasteiger partial charge in [-0.2, -0.15) is 0 Å². The Morgan fingerprint density at radius 3 is 2.42 bits per heavy atom. The van der Waals surface area contributed by atoms with Crippen molar-refractivity contribution >= 4 is 44.1 Å². The molecule has 0 bridgehead atoms. The van der Waals surface area contributed by atoms with Crippen LogP contribution in [0.2, 0.25) is 0 Å². The van der Waals surface area contributed by atoms with Crippen molar-refractivity contribution in [2.24, 2.45) is 0 Å². The summed E-state index contributed by atoms with van der Waals surface area (Å²) in [4.78, 5) is 25.5. The van der Waals surface area contributed by atoms with E-state index in [1.54, 1.807) is 6.92 Å². The second kappa shape index (κ2) is 10.5. The Balaban J connectivity index is 1.81. The fraction of sp³-hybridized carbons (Fsp3) is 0.308. The van der Waals surface area contributed by atoms with E-state index in [-0.39, 0.29) is 24.5 Å². The van der Waals surface area contributed by atoms with Gasteiger partial charge >= 0.3 is 5.97 Å². The van der Waals surface area contributed by atoms with Crippen molar-refractivity contribution in [2.75, 3.05) is 18.5 Å². The summed E-state index contributed by atoms with van der Waals surface area (Å²) in [5, 5.41) is 5.13. The molecule has 0 aliphatic heterocycles. The predicted molar refractivity (Wildman–Crippen MR) is 137 cm³/mol. The number of aryl methyl sites for hydroxylation is 1. The second-order valence-electron chi connectivity index (χ2n) is 8.67. The van der Waals surface area contributed by atoms with Crippen molar-refractivity contribution in [3.05, 3.63) is 69.0 Å². The number of anilines is 1. The molecule has 3 rings (SSSR count). The summed E-state index contributed by atoms with van der Waals surface area (Å²) in [7, 11) is 0. The molecule has 0 aliphatic carbocycles. The van der Waals surface area contributed by atoms with E-state index < -0.39 is 5.97 Å². The molecule has 1 N–H and O–H groups in total. The second-order valence-corrected chi connectivity index (χ2v) is 10.5. The maximum absolute atomic E-state index is 12.7. The van der Waals surface area contributed by atoms with Crippen molar-refractivity contribution in [3.8, 4) is 16.9 Å². The summed E-state index contributed by atoms with van der Waals surface area (Å²) < 4.78 is 12.1. The molecule has 0 unspecified atom stereocenters. The molecule has 1 amide bonds. The van der Waals surface area contributed by atoms with Crippen LogP contribution in [0, 0.1) is 6.92 Å². The highest BCUT2D eigenvalue weighted by atomic mass is 79.9. The van der Waals surface area contributed by atoms with E-state index >= 15 is 0 Å². The minimum absolute atomic E-state index is 0.123. The van der Waals surface area contributed by atoms with Crippen LogP contribution >= 0.6 is 27.3 Å². The Kier molecular flexibility index (Phi) is 7.97. The molecule has 1 aromatic heterocycles. The minimum Gasteiger partial charge on any atom is -0.483 e. The van der Waals surface area contributed by atoms with Gasteiger partial charge in [0.05, 0.1) is 6.61 Å². The van der Waals surface area contributed by atoms with Gasteiger partial charge in [0.25, 0.3) is 5.91 Å². The number of carbonyl (C=O) groups excluding carboxylic acids is 2. The highest BCUT2D eigenvalue weighted by molar-refractivity contribution is 9.10. The molecule has 0 saturated carbocycles. The summed E-state index contributed by atoms with van der Waals surface area (Å²) in [6.45, 7) is 10.2. The van der Waals surface area contributed by atoms with E-state index in [1.807, 2.05) is 48.7 Å². The number of esters is 1. The number of hydrogen-bond donors (Lipinski definition) is 1. The number of ether oxygens (including phenoxy) is 2. The molecular formula is C26H28BrNO4S. The van der Waals surface area contributed by atoms with Gasteiger partial charge in [-0.15, -0.1) is 11.3 Å². The zero-order chi connectivity index (χ0) is 24.2. The smallest absolute Gasteiger partial charge is 0.341 e. The molecule has 33 heavy (non-hydrogen) atoms. The van der Waals surface area contributed by atoms with E-state index in [2.05, 4.69) is 48.1 Å². The van der Waals surface area contributed by atoms with E-state index in [9.17, 15) is 9.59 Å². The molecule has 7 heteroatoms. The molecule has 0 spiro atoms. The number of carbonyl (C=O) groups is 2. The minimum atomic E-state index is -0.471. The lowest BCUT2D eigenvalue weighted by Crippen LogP contribution is -2.22. The van der Waals surface area contributed by atoms with Gasteiger partial charge in [0.2, 0.25) is 0 Å².